The average Bonchev–Trinajstić information content (AvgIpc) is 3.39. The van der Waals surface area contributed by atoms with E-state index < -0.39 is 8.07 Å². The SMILES string of the molecule is CC1(C)c2ccccc2-c2cc(-c3cccc(-c4nc(-c5ccc([Si](C)(C)C)cc5)nc(-c5ccc6c(ccc7ccccc76)c5)n4)c3)ccc21. The molecule has 0 atom stereocenters. The number of hydrogen-bond acceptors (Lipinski definition) is 3. The van der Waals surface area contributed by atoms with E-state index in [9.17, 15) is 0 Å². The quantitative estimate of drug-likeness (QED) is 0.135. The smallest absolute Gasteiger partial charge is 0.164 e. The molecule has 0 unspecified atom stereocenters. The van der Waals surface area contributed by atoms with Gasteiger partial charge in [-0.1, -0.05) is 166 Å². The zero-order valence-electron chi connectivity index (χ0n) is 29.7. The predicted molar refractivity (Wildman–Crippen MR) is 217 cm³/mol. The molecule has 51 heavy (non-hydrogen) atoms. The van der Waals surface area contributed by atoms with Gasteiger partial charge in [-0.3, -0.25) is 0 Å². The molecule has 4 heteroatoms. The average molecular weight is 674 g/mol. The van der Waals surface area contributed by atoms with E-state index >= 15 is 0 Å². The monoisotopic (exact) mass is 673 g/mol. The van der Waals surface area contributed by atoms with Crippen LogP contribution in [0.1, 0.15) is 25.0 Å². The molecule has 1 aromatic heterocycles. The Morgan fingerprint density at radius 3 is 1.76 bits per heavy atom. The number of hydrogen-bond donors (Lipinski definition) is 0. The number of benzene rings is 7. The van der Waals surface area contributed by atoms with Gasteiger partial charge in [0.15, 0.2) is 17.5 Å². The molecule has 1 heterocycles. The minimum Gasteiger partial charge on any atom is -0.208 e. The van der Waals surface area contributed by atoms with Gasteiger partial charge in [0, 0.05) is 22.1 Å². The summed E-state index contributed by atoms with van der Waals surface area (Å²) in [7, 11) is -1.46. The van der Waals surface area contributed by atoms with Gasteiger partial charge in [-0.2, -0.15) is 0 Å². The zero-order chi connectivity index (χ0) is 34.9. The Morgan fingerprint density at radius 1 is 0.412 bits per heavy atom. The lowest BCUT2D eigenvalue weighted by atomic mass is 9.82. The van der Waals surface area contributed by atoms with E-state index in [0.29, 0.717) is 17.5 Å². The first-order valence-corrected chi connectivity index (χ1v) is 21.3. The first kappa shape index (κ1) is 31.3. The van der Waals surface area contributed by atoms with E-state index in [0.717, 1.165) is 27.6 Å². The van der Waals surface area contributed by atoms with Crippen molar-refractivity contribution < 1.29 is 0 Å². The number of aromatic nitrogens is 3. The predicted octanol–water partition coefficient (Wildman–Crippen LogP) is 11.7. The third kappa shape index (κ3) is 5.38. The van der Waals surface area contributed by atoms with Gasteiger partial charge in [0.25, 0.3) is 0 Å². The van der Waals surface area contributed by atoms with Crippen molar-refractivity contribution in [1.29, 1.82) is 0 Å². The Labute approximate surface area is 300 Å². The van der Waals surface area contributed by atoms with Crippen LogP contribution in [0.2, 0.25) is 19.6 Å². The molecule has 9 rings (SSSR count). The second-order valence-electron chi connectivity index (χ2n) is 15.4. The summed E-state index contributed by atoms with van der Waals surface area (Å²) in [4.78, 5) is 15.4. The fourth-order valence-electron chi connectivity index (χ4n) is 7.77. The molecule has 7 aromatic carbocycles. The highest BCUT2D eigenvalue weighted by Crippen LogP contribution is 2.49. The van der Waals surface area contributed by atoms with Crippen LogP contribution in [0.25, 0.3) is 78.0 Å². The number of fused-ring (bicyclic) bond motifs is 6. The third-order valence-electron chi connectivity index (χ3n) is 10.7. The van der Waals surface area contributed by atoms with Crippen molar-refractivity contribution in [1.82, 2.24) is 15.0 Å². The third-order valence-corrected chi connectivity index (χ3v) is 12.8. The van der Waals surface area contributed by atoms with E-state index in [1.165, 1.54) is 49.2 Å². The Balaban J connectivity index is 1.17. The maximum absolute atomic E-state index is 5.15. The summed E-state index contributed by atoms with van der Waals surface area (Å²) in [5, 5.41) is 6.28. The van der Waals surface area contributed by atoms with Crippen molar-refractivity contribution >= 4 is 34.8 Å². The van der Waals surface area contributed by atoms with E-state index in [1.807, 2.05) is 0 Å². The van der Waals surface area contributed by atoms with Gasteiger partial charge < -0.3 is 0 Å². The number of rotatable bonds is 5. The Hall–Kier alpha value is -5.71. The summed E-state index contributed by atoms with van der Waals surface area (Å²) in [6.07, 6.45) is 0. The lowest BCUT2D eigenvalue weighted by Crippen LogP contribution is -2.37. The molecular formula is C47H39N3Si. The minimum atomic E-state index is -1.46. The molecule has 0 saturated heterocycles. The highest BCUT2D eigenvalue weighted by Gasteiger charge is 2.35. The van der Waals surface area contributed by atoms with Gasteiger partial charge >= 0.3 is 0 Å². The van der Waals surface area contributed by atoms with Crippen LogP contribution in [-0.2, 0) is 5.41 Å². The highest BCUT2D eigenvalue weighted by atomic mass is 28.3. The van der Waals surface area contributed by atoms with Crippen LogP contribution in [0.15, 0.2) is 146 Å². The lowest BCUT2D eigenvalue weighted by molar-refractivity contribution is 0.660. The van der Waals surface area contributed by atoms with Gasteiger partial charge in [-0.15, -0.1) is 0 Å². The fraction of sp³-hybridized carbons (Fsp3) is 0.128. The molecule has 246 valence electrons. The highest BCUT2D eigenvalue weighted by molar-refractivity contribution is 6.88. The molecule has 0 spiro atoms. The first-order valence-electron chi connectivity index (χ1n) is 17.8. The molecule has 0 amide bonds. The minimum absolute atomic E-state index is 0.0207. The Kier molecular flexibility index (Phi) is 7.16. The van der Waals surface area contributed by atoms with Crippen LogP contribution in [0, 0.1) is 0 Å². The Morgan fingerprint density at radius 2 is 0.980 bits per heavy atom. The Bertz CT molecular complexity index is 2650. The summed E-state index contributed by atoms with van der Waals surface area (Å²) in [5.74, 6) is 2.01. The van der Waals surface area contributed by atoms with Gasteiger partial charge in [-0.05, 0) is 73.1 Å². The molecule has 0 bridgehead atoms. The maximum Gasteiger partial charge on any atom is 0.164 e. The van der Waals surface area contributed by atoms with Crippen LogP contribution < -0.4 is 5.19 Å². The van der Waals surface area contributed by atoms with E-state index in [2.05, 4.69) is 179 Å². The molecule has 0 N–H and O–H groups in total. The van der Waals surface area contributed by atoms with Gasteiger partial charge in [0.1, 0.15) is 0 Å². The van der Waals surface area contributed by atoms with Crippen LogP contribution in [0.3, 0.4) is 0 Å². The van der Waals surface area contributed by atoms with Crippen molar-refractivity contribution in [2.24, 2.45) is 0 Å². The standard InChI is InChI=1S/C47H39N3Si/c1-47(2)42-16-9-8-15-40(42)41-29-33(22-26-43(41)47)32-12-10-13-35(27-32)45-48-44(31-19-23-37(24-20-31)51(3,4)5)49-46(50-45)36-21-25-39-34(28-36)18-17-30-11-6-7-14-38(30)39/h6-29H,1-5H3. The van der Waals surface area contributed by atoms with Crippen LogP contribution in [0.4, 0.5) is 0 Å². The maximum atomic E-state index is 5.15. The molecule has 1 aliphatic rings. The van der Waals surface area contributed by atoms with Crippen molar-refractivity contribution in [3.05, 3.63) is 157 Å². The molecule has 3 nitrogen and oxygen atoms in total. The summed E-state index contributed by atoms with van der Waals surface area (Å²) >= 11 is 0. The van der Waals surface area contributed by atoms with Crippen LogP contribution in [0.5, 0.6) is 0 Å². The molecule has 0 radical (unpaired) electrons. The van der Waals surface area contributed by atoms with E-state index in [1.54, 1.807) is 0 Å². The molecule has 1 aliphatic carbocycles. The van der Waals surface area contributed by atoms with Gasteiger partial charge in [0.2, 0.25) is 0 Å². The number of nitrogens with zero attached hydrogens (tertiary/aromatic N) is 3. The lowest BCUT2D eigenvalue weighted by Gasteiger charge is -2.21. The molecule has 0 saturated carbocycles. The summed E-state index contributed by atoms with van der Waals surface area (Å²) < 4.78 is 0. The molecule has 8 aromatic rings. The summed E-state index contributed by atoms with van der Waals surface area (Å²) in [5.41, 5.74) is 10.6. The largest absolute Gasteiger partial charge is 0.208 e. The first-order chi connectivity index (χ1) is 24.6. The molecule has 0 fully saturated rings. The van der Waals surface area contributed by atoms with Crippen molar-refractivity contribution in [2.45, 2.75) is 38.9 Å². The van der Waals surface area contributed by atoms with E-state index in [-0.39, 0.29) is 5.41 Å². The van der Waals surface area contributed by atoms with Gasteiger partial charge in [-0.25, -0.2) is 15.0 Å². The summed E-state index contributed by atoms with van der Waals surface area (Å²) in [6, 6.07) is 52.7. The summed E-state index contributed by atoms with van der Waals surface area (Å²) in [6.45, 7) is 11.8. The normalized spacial score (nSPS) is 13.4. The van der Waals surface area contributed by atoms with Crippen molar-refractivity contribution in [3.8, 4) is 56.4 Å². The van der Waals surface area contributed by atoms with Gasteiger partial charge in [0.05, 0.1) is 8.07 Å². The van der Waals surface area contributed by atoms with Crippen molar-refractivity contribution in [2.75, 3.05) is 0 Å². The van der Waals surface area contributed by atoms with Crippen LogP contribution >= 0.6 is 0 Å². The molecular weight excluding hydrogens is 635 g/mol. The second kappa shape index (κ2) is 11.7. The fourth-order valence-corrected chi connectivity index (χ4v) is 8.94. The molecule has 0 aliphatic heterocycles. The topological polar surface area (TPSA) is 38.7 Å². The van der Waals surface area contributed by atoms with Crippen molar-refractivity contribution in [3.63, 3.8) is 0 Å². The van der Waals surface area contributed by atoms with E-state index in [4.69, 9.17) is 15.0 Å². The second-order valence-corrected chi connectivity index (χ2v) is 20.4. The zero-order valence-corrected chi connectivity index (χ0v) is 30.7. The van der Waals surface area contributed by atoms with Crippen LogP contribution in [-0.4, -0.2) is 23.0 Å².